The summed E-state index contributed by atoms with van der Waals surface area (Å²) in [5, 5.41) is 11.0. The van der Waals surface area contributed by atoms with Gasteiger partial charge in [0.1, 0.15) is 0 Å². The number of aromatic nitrogens is 2. The van der Waals surface area contributed by atoms with Crippen molar-refractivity contribution in [2.75, 3.05) is 13.2 Å². The number of aryl methyl sites for hydroxylation is 3. The van der Waals surface area contributed by atoms with Crippen LogP contribution in [0.25, 0.3) is 22.4 Å². The number of pyridine rings is 1. The minimum Gasteiger partial charge on any atom is -0.452 e. The summed E-state index contributed by atoms with van der Waals surface area (Å²) in [6.45, 7) is 5.42. The molecule has 9 nitrogen and oxygen atoms in total. The van der Waals surface area contributed by atoms with Crippen LogP contribution in [0.15, 0.2) is 34.2 Å². The van der Waals surface area contributed by atoms with Crippen molar-refractivity contribution in [3.05, 3.63) is 55.5 Å². The molecule has 0 atom stereocenters. The van der Waals surface area contributed by atoms with Crippen molar-refractivity contribution in [3.8, 4) is 11.3 Å². The van der Waals surface area contributed by atoms with Gasteiger partial charge >= 0.3 is 12.0 Å². The van der Waals surface area contributed by atoms with E-state index >= 15 is 0 Å². The van der Waals surface area contributed by atoms with Crippen molar-refractivity contribution in [2.24, 2.45) is 0 Å². The lowest BCUT2D eigenvalue weighted by molar-refractivity contribution is -0.123. The molecule has 11 heteroatoms. The molecular weight excluding hydrogens is 476 g/mol. The normalized spacial score (nSPS) is 10.9. The predicted molar refractivity (Wildman–Crippen MR) is 129 cm³/mol. The highest BCUT2D eigenvalue weighted by Crippen LogP contribution is 2.33. The van der Waals surface area contributed by atoms with Crippen molar-refractivity contribution >= 4 is 51.7 Å². The van der Waals surface area contributed by atoms with E-state index < -0.39 is 24.5 Å². The molecule has 0 aromatic carbocycles. The monoisotopic (exact) mass is 498 g/mol. The Morgan fingerprint density at radius 3 is 2.71 bits per heavy atom. The minimum absolute atomic E-state index is 0.190. The molecule has 0 spiro atoms. The molecule has 0 saturated carbocycles. The molecule has 0 aliphatic heterocycles. The van der Waals surface area contributed by atoms with Gasteiger partial charge in [0.05, 0.1) is 22.3 Å². The molecule has 4 aromatic rings. The SMILES string of the molecule is Cc1cc(-c2cc(C(=O)OCC(=O)NC(=O)NCCc3cccs3)c3c(C)noc3n2)c(C)s1. The largest absolute Gasteiger partial charge is 0.452 e. The Balaban J connectivity index is 1.41. The highest BCUT2D eigenvalue weighted by atomic mass is 32.1. The van der Waals surface area contributed by atoms with Crippen LogP contribution in [0.1, 0.15) is 30.7 Å². The number of carbonyl (C=O) groups is 3. The van der Waals surface area contributed by atoms with Gasteiger partial charge in [-0.1, -0.05) is 11.2 Å². The van der Waals surface area contributed by atoms with Gasteiger partial charge in [0, 0.05) is 26.7 Å². The molecule has 0 fully saturated rings. The topological polar surface area (TPSA) is 123 Å². The number of hydrogen-bond acceptors (Lipinski definition) is 9. The first kappa shape index (κ1) is 23.6. The summed E-state index contributed by atoms with van der Waals surface area (Å²) in [6.07, 6.45) is 0.663. The van der Waals surface area contributed by atoms with Crippen LogP contribution < -0.4 is 10.6 Å². The van der Waals surface area contributed by atoms with Gasteiger partial charge in [-0.25, -0.2) is 14.6 Å². The molecule has 176 valence electrons. The maximum atomic E-state index is 12.9. The molecule has 2 N–H and O–H groups in total. The quantitative estimate of drug-likeness (QED) is 0.367. The summed E-state index contributed by atoms with van der Waals surface area (Å²) in [7, 11) is 0. The third-order valence-electron chi connectivity index (χ3n) is 4.98. The molecule has 0 saturated heterocycles. The molecule has 3 amide bonds. The molecule has 34 heavy (non-hydrogen) atoms. The fraction of sp³-hybridized carbons (Fsp3) is 0.261. The van der Waals surface area contributed by atoms with E-state index in [4.69, 9.17) is 9.26 Å². The van der Waals surface area contributed by atoms with E-state index in [0.717, 1.165) is 20.2 Å². The van der Waals surface area contributed by atoms with E-state index in [-0.39, 0.29) is 11.3 Å². The Hall–Kier alpha value is -3.57. The van der Waals surface area contributed by atoms with Crippen molar-refractivity contribution in [1.82, 2.24) is 20.8 Å². The van der Waals surface area contributed by atoms with Crippen molar-refractivity contribution in [3.63, 3.8) is 0 Å². The van der Waals surface area contributed by atoms with Gasteiger partial charge in [-0.2, -0.15) is 0 Å². The third kappa shape index (κ3) is 5.32. The molecule has 0 aliphatic carbocycles. The van der Waals surface area contributed by atoms with Gasteiger partial charge in [-0.3, -0.25) is 10.1 Å². The van der Waals surface area contributed by atoms with Crippen LogP contribution >= 0.6 is 22.7 Å². The first-order valence-electron chi connectivity index (χ1n) is 10.4. The van der Waals surface area contributed by atoms with Gasteiger partial charge in [-0.05, 0) is 50.8 Å². The standard InChI is InChI=1S/C23H22N4O5S2/c1-12-9-16(14(3)34-12)18-10-17(20-13(2)27-32-21(20)25-18)22(29)31-11-19(28)26-23(30)24-7-6-15-5-4-8-33-15/h4-5,8-10H,6-7,11H2,1-3H3,(H2,24,26,28,30). The van der Waals surface area contributed by atoms with E-state index in [1.54, 1.807) is 35.7 Å². The van der Waals surface area contributed by atoms with E-state index in [1.807, 2.05) is 37.4 Å². The fourth-order valence-electron chi connectivity index (χ4n) is 3.45. The number of nitrogens with zero attached hydrogens (tertiary/aromatic N) is 2. The second-order valence-corrected chi connectivity index (χ2v) is 10.0. The number of imide groups is 1. The van der Waals surface area contributed by atoms with Crippen LogP contribution in [0, 0.1) is 20.8 Å². The number of urea groups is 1. The van der Waals surface area contributed by atoms with Gasteiger partial charge < -0.3 is 14.6 Å². The highest BCUT2D eigenvalue weighted by molar-refractivity contribution is 7.12. The zero-order valence-electron chi connectivity index (χ0n) is 18.8. The zero-order valence-corrected chi connectivity index (χ0v) is 20.4. The number of amides is 3. The number of nitrogens with one attached hydrogen (secondary N) is 2. The van der Waals surface area contributed by atoms with Gasteiger partial charge in [0.15, 0.2) is 6.61 Å². The summed E-state index contributed by atoms with van der Waals surface area (Å²) in [4.78, 5) is 44.7. The molecule has 4 heterocycles. The summed E-state index contributed by atoms with van der Waals surface area (Å²) >= 11 is 3.21. The average molecular weight is 499 g/mol. The van der Waals surface area contributed by atoms with Crippen LogP contribution in [0.5, 0.6) is 0 Å². The van der Waals surface area contributed by atoms with Crippen molar-refractivity contribution < 1.29 is 23.6 Å². The Morgan fingerprint density at radius 1 is 1.18 bits per heavy atom. The Bertz CT molecular complexity index is 1360. The van der Waals surface area contributed by atoms with E-state index in [0.29, 0.717) is 29.7 Å². The first-order chi connectivity index (χ1) is 16.3. The predicted octanol–water partition coefficient (Wildman–Crippen LogP) is 4.16. The third-order valence-corrected chi connectivity index (χ3v) is 6.88. The van der Waals surface area contributed by atoms with Gasteiger partial charge in [-0.15, -0.1) is 22.7 Å². The highest BCUT2D eigenvalue weighted by Gasteiger charge is 2.22. The molecular formula is C23H22N4O5S2. The van der Waals surface area contributed by atoms with Gasteiger partial charge in [0.25, 0.3) is 11.6 Å². The number of ether oxygens (including phenoxy) is 1. The number of carbonyl (C=O) groups excluding carboxylic acids is 3. The number of esters is 1. The zero-order chi connectivity index (χ0) is 24.2. The van der Waals surface area contributed by atoms with Crippen LogP contribution in [0.3, 0.4) is 0 Å². The maximum Gasteiger partial charge on any atom is 0.339 e. The second-order valence-electron chi connectivity index (χ2n) is 7.54. The summed E-state index contributed by atoms with van der Waals surface area (Å²) in [5.74, 6) is -1.48. The average Bonchev–Trinajstić information content (AvgIpc) is 3.52. The Morgan fingerprint density at radius 2 is 2.00 bits per heavy atom. The maximum absolute atomic E-state index is 12.9. The summed E-state index contributed by atoms with van der Waals surface area (Å²) in [6, 6.07) is 6.84. The number of thiophene rings is 2. The van der Waals surface area contributed by atoms with Crippen LogP contribution in [-0.2, 0) is 16.0 Å². The lowest BCUT2D eigenvalue weighted by Gasteiger charge is -2.09. The van der Waals surface area contributed by atoms with Crippen LogP contribution in [0.4, 0.5) is 4.79 Å². The minimum atomic E-state index is -0.738. The van der Waals surface area contributed by atoms with Crippen molar-refractivity contribution in [2.45, 2.75) is 27.2 Å². The fourth-order valence-corrected chi connectivity index (χ4v) is 5.09. The molecule has 4 rings (SSSR count). The lowest BCUT2D eigenvalue weighted by Crippen LogP contribution is -2.42. The van der Waals surface area contributed by atoms with Crippen LogP contribution in [0.2, 0.25) is 0 Å². The molecule has 0 bridgehead atoms. The molecule has 0 unspecified atom stereocenters. The lowest BCUT2D eigenvalue weighted by atomic mass is 10.1. The Labute approximate surface area is 203 Å². The van der Waals surface area contributed by atoms with E-state index in [9.17, 15) is 14.4 Å². The smallest absolute Gasteiger partial charge is 0.339 e. The van der Waals surface area contributed by atoms with E-state index in [1.165, 1.54) is 0 Å². The second kappa shape index (κ2) is 10.1. The number of rotatable bonds is 7. The molecule has 4 aromatic heterocycles. The number of fused-ring (bicyclic) bond motifs is 1. The summed E-state index contributed by atoms with van der Waals surface area (Å²) < 4.78 is 10.5. The van der Waals surface area contributed by atoms with E-state index in [2.05, 4.69) is 20.8 Å². The molecule has 0 radical (unpaired) electrons. The van der Waals surface area contributed by atoms with Crippen molar-refractivity contribution in [1.29, 1.82) is 0 Å². The molecule has 0 aliphatic rings. The number of hydrogen-bond donors (Lipinski definition) is 2. The Kier molecular flexibility index (Phi) is 7.03. The van der Waals surface area contributed by atoms with Crippen LogP contribution in [-0.4, -0.2) is 41.2 Å². The first-order valence-corrected chi connectivity index (χ1v) is 12.1. The van der Waals surface area contributed by atoms with Gasteiger partial charge in [0.2, 0.25) is 0 Å². The summed E-state index contributed by atoms with van der Waals surface area (Å²) in [5.41, 5.74) is 2.31.